The van der Waals surface area contributed by atoms with Crippen LogP contribution >= 0.6 is 0 Å². The molecule has 3 nitrogen and oxygen atoms in total. The zero-order valence-corrected chi connectivity index (χ0v) is 9.05. The number of pyridine rings is 1. The van der Waals surface area contributed by atoms with Crippen molar-refractivity contribution in [3.8, 4) is 0 Å². The molecule has 0 amide bonds. The van der Waals surface area contributed by atoms with Crippen LogP contribution in [0.5, 0.6) is 0 Å². The molecule has 1 unspecified atom stereocenters. The Morgan fingerprint density at radius 1 is 1.38 bits per heavy atom. The van der Waals surface area contributed by atoms with Crippen molar-refractivity contribution in [2.45, 2.75) is 19.3 Å². The molecular formula is C13H13NO2. The van der Waals surface area contributed by atoms with E-state index in [-0.39, 0.29) is 12.3 Å². The van der Waals surface area contributed by atoms with E-state index in [1.54, 1.807) is 6.20 Å². The van der Waals surface area contributed by atoms with Gasteiger partial charge in [-0.25, -0.2) is 0 Å². The maximum absolute atomic E-state index is 10.6. The van der Waals surface area contributed by atoms with Crippen LogP contribution in [0.2, 0.25) is 0 Å². The summed E-state index contributed by atoms with van der Waals surface area (Å²) in [5.41, 5.74) is 0.834. The van der Waals surface area contributed by atoms with Gasteiger partial charge in [0.25, 0.3) is 0 Å². The number of benzene rings is 1. The molecule has 1 aromatic carbocycles. The summed E-state index contributed by atoms with van der Waals surface area (Å²) < 4.78 is 0. The molecule has 0 fully saturated rings. The van der Waals surface area contributed by atoms with Crippen LogP contribution in [0.4, 0.5) is 0 Å². The maximum atomic E-state index is 10.6. The second kappa shape index (κ2) is 4.31. The highest BCUT2D eigenvalue weighted by atomic mass is 16.4. The van der Waals surface area contributed by atoms with Gasteiger partial charge in [-0.2, -0.15) is 0 Å². The molecule has 82 valence electrons. The van der Waals surface area contributed by atoms with Crippen molar-refractivity contribution in [2.75, 3.05) is 0 Å². The van der Waals surface area contributed by atoms with Crippen LogP contribution in [0, 0.1) is 0 Å². The standard InChI is InChI=1S/C13H13NO2/c1-9(6-13(15)16)12-7-10-4-2-3-5-11(10)8-14-12/h2-5,7-9H,6H2,1H3,(H,15,16). The van der Waals surface area contributed by atoms with Gasteiger partial charge in [-0.3, -0.25) is 9.78 Å². The Bertz CT molecular complexity index is 522. The van der Waals surface area contributed by atoms with Crippen molar-refractivity contribution in [1.82, 2.24) is 4.98 Å². The van der Waals surface area contributed by atoms with Gasteiger partial charge in [0.1, 0.15) is 0 Å². The fourth-order valence-electron chi connectivity index (χ4n) is 1.74. The first-order chi connectivity index (χ1) is 7.66. The van der Waals surface area contributed by atoms with Crippen LogP contribution < -0.4 is 0 Å². The van der Waals surface area contributed by atoms with E-state index in [9.17, 15) is 4.79 Å². The quantitative estimate of drug-likeness (QED) is 0.856. The predicted octanol–water partition coefficient (Wildman–Crippen LogP) is 2.81. The number of fused-ring (bicyclic) bond motifs is 1. The Kier molecular flexibility index (Phi) is 2.86. The van der Waals surface area contributed by atoms with Gasteiger partial charge in [0.05, 0.1) is 6.42 Å². The molecule has 0 saturated carbocycles. The van der Waals surface area contributed by atoms with Crippen LogP contribution in [0.1, 0.15) is 25.0 Å². The summed E-state index contributed by atoms with van der Waals surface area (Å²) in [5, 5.41) is 10.9. The third-order valence-electron chi connectivity index (χ3n) is 2.64. The number of carbonyl (C=O) groups is 1. The lowest BCUT2D eigenvalue weighted by Gasteiger charge is -2.08. The van der Waals surface area contributed by atoms with Crippen molar-refractivity contribution in [3.05, 3.63) is 42.2 Å². The van der Waals surface area contributed by atoms with E-state index >= 15 is 0 Å². The van der Waals surface area contributed by atoms with Crippen LogP contribution in [0.3, 0.4) is 0 Å². The number of aromatic nitrogens is 1. The number of carboxylic acids is 1. The summed E-state index contributed by atoms with van der Waals surface area (Å²) in [7, 11) is 0. The number of rotatable bonds is 3. The Morgan fingerprint density at radius 3 is 2.75 bits per heavy atom. The van der Waals surface area contributed by atoms with Gasteiger partial charge in [-0.1, -0.05) is 31.2 Å². The molecule has 0 saturated heterocycles. The Morgan fingerprint density at radius 2 is 2.06 bits per heavy atom. The molecule has 0 aliphatic carbocycles. The fourth-order valence-corrected chi connectivity index (χ4v) is 1.74. The number of carboxylic acid groups (broad SMARTS) is 1. The van der Waals surface area contributed by atoms with Crippen molar-refractivity contribution in [3.63, 3.8) is 0 Å². The Labute approximate surface area is 93.7 Å². The zero-order chi connectivity index (χ0) is 11.5. The third-order valence-corrected chi connectivity index (χ3v) is 2.64. The van der Waals surface area contributed by atoms with Crippen molar-refractivity contribution < 1.29 is 9.90 Å². The lowest BCUT2D eigenvalue weighted by Crippen LogP contribution is -2.04. The summed E-state index contributed by atoms with van der Waals surface area (Å²) in [6.07, 6.45) is 1.91. The van der Waals surface area contributed by atoms with E-state index in [2.05, 4.69) is 4.98 Å². The monoisotopic (exact) mass is 215 g/mol. The third kappa shape index (κ3) is 2.19. The van der Waals surface area contributed by atoms with Crippen LogP contribution in [-0.4, -0.2) is 16.1 Å². The van der Waals surface area contributed by atoms with Crippen LogP contribution in [0.25, 0.3) is 10.8 Å². The molecule has 3 heteroatoms. The highest BCUT2D eigenvalue weighted by molar-refractivity contribution is 5.82. The normalized spacial score (nSPS) is 12.6. The number of nitrogens with zero attached hydrogens (tertiary/aromatic N) is 1. The molecule has 0 aliphatic rings. The molecule has 0 radical (unpaired) electrons. The molecule has 2 aromatic rings. The molecule has 0 spiro atoms. The van der Waals surface area contributed by atoms with Crippen LogP contribution in [0.15, 0.2) is 36.5 Å². The minimum atomic E-state index is -0.789. The maximum Gasteiger partial charge on any atom is 0.304 e. The van der Waals surface area contributed by atoms with Gasteiger partial charge in [0, 0.05) is 23.2 Å². The molecule has 1 atom stereocenters. The molecule has 2 rings (SSSR count). The molecule has 1 N–H and O–H groups in total. The highest BCUT2D eigenvalue weighted by Crippen LogP contribution is 2.21. The Balaban J connectivity index is 2.35. The highest BCUT2D eigenvalue weighted by Gasteiger charge is 2.11. The van der Waals surface area contributed by atoms with E-state index in [1.807, 2.05) is 37.3 Å². The average molecular weight is 215 g/mol. The summed E-state index contributed by atoms with van der Waals surface area (Å²) in [5.74, 6) is -0.843. The summed E-state index contributed by atoms with van der Waals surface area (Å²) in [6, 6.07) is 9.89. The smallest absolute Gasteiger partial charge is 0.304 e. The van der Waals surface area contributed by atoms with E-state index in [1.165, 1.54) is 0 Å². The lowest BCUT2D eigenvalue weighted by molar-refractivity contribution is -0.137. The van der Waals surface area contributed by atoms with Gasteiger partial charge < -0.3 is 5.11 Å². The lowest BCUT2D eigenvalue weighted by atomic mass is 10.0. The van der Waals surface area contributed by atoms with Crippen molar-refractivity contribution in [2.24, 2.45) is 0 Å². The summed E-state index contributed by atoms with van der Waals surface area (Å²) in [6.45, 7) is 1.88. The van der Waals surface area contributed by atoms with Crippen LogP contribution in [-0.2, 0) is 4.79 Å². The number of hydrogen-bond donors (Lipinski definition) is 1. The topological polar surface area (TPSA) is 50.2 Å². The largest absolute Gasteiger partial charge is 0.481 e. The minimum absolute atomic E-state index is 0.0536. The van der Waals surface area contributed by atoms with Gasteiger partial charge in [0.2, 0.25) is 0 Å². The minimum Gasteiger partial charge on any atom is -0.481 e. The predicted molar refractivity (Wildman–Crippen MR) is 62.4 cm³/mol. The van der Waals surface area contributed by atoms with E-state index in [0.717, 1.165) is 16.5 Å². The van der Waals surface area contributed by atoms with Gasteiger partial charge >= 0.3 is 5.97 Å². The first-order valence-electron chi connectivity index (χ1n) is 5.23. The SMILES string of the molecule is CC(CC(=O)O)c1cc2ccccc2cn1. The second-order valence-electron chi connectivity index (χ2n) is 3.96. The number of hydrogen-bond acceptors (Lipinski definition) is 2. The first kappa shape index (κ1) is 10.6. The van der Waals surface area contributed by atoms with Crippen molar-refractivity contribution >= 4 is 16.7 Å². The average Bonchev–Trinajstić information content (AvgIpc) is 2.27. The van der Waals surface area contributed by atoms with Gasteiger partial charge in [0.15, 0.2) is 0 Å². The molecule has 1 heterocycles. The van der Waals surface area contributed by atoms with Gasteiger partial charge in [-0.05, 0) is 11.5 Å². The second-order valence-corrected chi connectivity index (χ2v) is 3.96. The summed E-state index contributed by atoms with van der Waals surface area (Å²) >= 11 is 0. The summed E-state index contributed by atoms with van der Waals surface area (Å²) in [4.78, 5) is 14.9. The van der Waals surface area contributed by atoms with E-state index in [0.29, 0.717) is 0 Å². The molecule has 0 aliphatic heterocycles. The van der Waals surface area contributed by atoms with Gasteiger partial charge in [-0.15, -0.1) is 0 Å². The Hall–Kier alpha value is -1.90. The van der Waals surface area contributed by atoms with Crippen molar-refractivity contribution in [1.29, 1.82) is 0 Å². The zero-order valence-electron chi connectivity index (χ0n) is 9.05. The molecule has 16 heavy (non-hydrogen) atoms. The molecule has 0 bridgehead atoms. The molecular weight excluding hydrogens is 202 g/mol. The van der Waals surface area contributed by atoms with E-state index < -0.39 is 5.97 Å². The molecule has 1 aromatic heterocycles. The fraction of sp³-hybridized carbons (Fsp3) is 0.231. The van der Waals surface area contributed by atoms with E-state index in [4.69, 9.17) is 5.11 Å². The first-order valence-corrected chi connectivity index (χ1v) is 5.23. The number of aliphatic carboxylic acids is 1.